The summed E-state index contributed by atoms with van der Waals surface area (Å²) in [5, 5.41) is 13.4. The highest BCUT2D eigenvalue weighted by Gasteiger charge is 2.16. The minimum Gasteiger partial charge on any atom is -0.452 e. The molecule has 10 heteroatoms. The Bertz CT molecular complexity index is 857. The summed E-state index contributed by atoms with van der Waals surface area (Å²) in [6.45, 7) is -0.602. The summed E-state index contributed by atoms with van der Waals surface area (Å²) in [5.74, 6) is -1.50. The van der Waals surface area contributed by atoms with Crippen LogP contribution in [-0.4, -0.2) is 23.4 Å². The molecule has 0 atom stereocenters. The molecule has 0 unspecified atom stereocenters. The van der Waals surface area contributed by atoms with Gasteiger partial charge in [-0.05, 0) is 24.3 Å². The van der Waals surface area contributed by atoms with Crippen LogP contribution >= 0.6 is 34.8 Å². The Hall–Kier alpha value is -2.35. The fourth-order valence-electron chi connectivity index (χ4n) is 1.77. The van der Waals surface area contributed by atoms with E-state index < -0.39 is 23.4 Å². The van der Waals surface area contributed by atoms with E-state index in [0.29, 0.717) is 5.02 Å². The molecule has 0 saturated heterocycles. The second-order valence-electron chi connectivity index (χ2n) is 4.67. The molecule has 2 rings (SSSR count). The van der Waals surface area contributed by atoms with E-state index in [1.807, 2.05) is 0 Å². The SMILES string of the molecule is O=C(COC(=O)c1cc(Cl)ccc1Cl)Nc1ccc([N+](=O)[O-])cc1Cl. The molecule has 0 aliphatic heterocycles. The summed E-state index contributed by atoms with van der Waals surface area (Å²) < 4.78 is 4.85. The number of nitrogens with zero attached hydrogens (tertiary/aromatic N) is 1. The number of carbonyl (C=O) groups excluding carboxylic acids is 2. The molecule has 1 N–H and O–H groups in total. The highest BCUT2D eigenvalue weighted by atomic mass is 35.5. The van der Waals surface area contributed by atoms with Crippen molar-refractivity contribution in [2.45, 2.75) is 0 Å². The summed E-state index contributed by atoms with van der Waals surface area (Å²) in [4.78, 5) is 33.8. The zero-order valence-electron chi connectivity index (χ0n) is 12.3. The molecule has 0 radical (unpaired) electrons. The van der Waals surface area contributed by atoms with Crippen LogP contribution in [0, 0.1) is 10.1 Å². The van der Waals surface area contributed by atoms with Gasteiger partial charge in [0.05, 0.1) is 26.2 Å². The number of ether oxygens (including phenoxy) is 1. The van der Waals surface area contributed by atoms with E-state index in [9.17, 15) is 19.7 Å². The molecule has 0 aliphatic carbocycles. The number of hydrogen-bond donors (Lipinski definition) is 1. The molecule has 2 aromatic carbocycles. The monoisotopic (exact) mass is 402 g/mol. The van der Waals surface area contributed by atoms with Gasteiger partial charge in [0.25, 0.3) is 11.6 Å². The van der Waals surface area contributed by atoms with Crippen LogP contribution < -0.4 is 5.32 Å². The van der Waals surface area contributed by atoms with Crippen LogP contribution in [0.4, 0.5) is 11.4 Å². The lowest BCUT2D eigenvalue weighted by Crippen LogP contribution is -2.21. The van der Waals surface area contributed by atoms with Gasteiger partial charge < -0.3 is 10.1 Å². The molecule has 1 amide bonds. The number of benzene rings is 2. The van der Waals surface area contributed by atoms with Gasteiger partial charge in [0.2, 0.25) is 0 Å². The molecule has 0 bridgehead atoms. The third kappa shape index (κ3) is 5.06. The van der Waals surface area contributed by atoms with Crippen molar-refractivity contribution in [1.82, 2.24) is 0 Å². The van der Waals surface area contributed by atoms with Crippen molar-refractivity contribution in [2.24, 2.45) is 0 Å². The van der Waals surface area contributed by atoms with Gasteiger partial charge in [-0.2, -0.15) is 0 Å². The lowest BCUT2D eigenvalue weighted by Gasteiger charge is -2.09. The van der Waals surface area contributed by atoms with Gasteiger partial charge in [-0.15, -0.1) is 0 Å². The molecular formula is C15H9Cl3N2O5. The van der Waals surface area contributed by atoms with E-state index in [4.69, 9.17) is 39.5 Å². The van der Waals surface area contributed by atoms with E-state index in [2.05, 4.69) is 5.32 Å². The van der Waals surface area contributed by atoms with Gasteiger partial charge in [0, 0.05) is 17.2 Å². The maximum atomic E-state index is 11.9. The van der Waals surface area contributed by atoms with Crippen molar-refractivity contribution in [3.63, 3.8) is 0 Å². The maximum Gasteiger partial charge on any atom is 0.340 e. The number of carbonyl (C=O) groups is 2. The Kier molecular flexibility index (Phi) is 6.19. The van der Waals surface area contributed by atoms with Gasteiger partial charge in [-0.1, -0.05) is 34.8 Å². The molecular weight excluding hydrogens is 395 g/mol. The molecule has 0 aliphatic rings. The topological polar surface area (TPSA) is 98.5 Å². The van der Waals surface area contributed by atoms with Crippen molar-refractivity contribution in [2.75, 3.05) is 11.9 Å². The summed E-state index contributed by atoms with van der Waals surface area (Å²) in [7, 11) is 0. The molecule has 0 spiro atoms. The van der Waals surface area contributed by atoms with E-state index >= 15 is 0 Å². The number of amides is 1. The first-order valence-electron chi connectivity index (χ1n) is 6.64. The molecule has 0 heterocycles. The number of nitro benzene ring substituents is 1. The fraction of sp³-hybridized carbons (Fsp3) is 0.0667. The lowest BCUT2D eigenvalue weighted by atomic mass is 10.2. The number of halogens is 3. The molecule has 130 valence electrons. The Balaban J connectivity index is 1.98. The van der Waals surface area contributed by atoms with Crippen LogP contribution in [0.15, 0.2) is 36.4 Å². The molecule has 0 fully saturated rings. The van der Waals surface area contributed by atoms with Crippen molar-refractivity contribution >= 4 is 58.1 Å². The molecule has 0 aromatic heterocycles. The Morgan fingerprint density at radius 2 is 1.80 bits per heavy atom. The predicted octanol–water partition coefficient (Wildman–Crippen LogP) is 4.35. The van der Waals surface area contributed by atoms with E-state index in [0.717, 1.165) is 6.07 Å². The van der Waals surface area contributed by atoms with Gasteiger partial charge >= 0.3 is 5.97 Å². The average molecular weight is 404 g/mol. The van der Waals surface area contributed by atoms with Crippen LogP contribution in [0.1, 0.15) is 10.4 Å². The van der Waals surface area contributed by atoms with Crippen molar-refractivity contribution in [3.05, 3.63) is 67.1 Å². The third-order valence-corrected chi connectivity index (χ3v) is 3.80. The van der Waals surface area contributed by atoms with Crippen LogP contribution in [0.5, 0.6) is 0 Å². The van der Waals surface area contributed by atoms with Gasteiger partial charge in [-0.25, -0.2) is 4.79 Å². The first-order chi connectivity index (χ1) is 11.8. The number of esters is 1. The zero-order chi connectivity index (χ0) is 18.6. The van der Waals surface area contributed by atoms with E-state index in [1.54, 1.807) is 0 Å². The normalized spacial score (nSPS) is 10.2. The number of non-ortho nitro benzene ring substituents is 1. The van der Waals surface area contributed by atoms with Gasteiger partial charge in [-0.3, -0.25) is 14.9 Å². The first-order valence-corrected chi connectivity index (χ1v) is 7.77. The average Bonchev–Trinajstić information content (AvgIpc) is 2.56. The molecule has 7 nitrogen and oxygen atoms in total. The highest BCUT2D eigenvalue weighted by molar-refractivity contribution is 6.35. The number of rotatable bonds is 5. The first kappa shape index (κ1) is 19.0. The number of nitro groups is 1. The van der Waals surface area contributed by atoms with Crippen LogP contribution in [0.25, 0.3) is 0 Å². The third-order valence-electron chi connectivity index (χ3n) is 2.92. The summed E-state index contributed by atoms with van der Waals surface area (Å²) in [6.07, 6.45) is 0. The second kappa shape index (κ2) is 8.15. The van der Waals surface area contributed by atoms with Crippen LogP contribution in [-0.2, 0) is 9.53 Å². The smallest absolute Gasteiger partial charge is 0.340 e. The number of anilines is 1. The Morgan fingerprint density at radius 1 is 1.08 bits per heavy atom. The quantitative estimate of drug-likeness (QED) is 0.454. The summed E-state index contributed by atoms with van der Waals surface area (Å²) >= 11 is 17.5. The predicted molar refractivity (Wildman–Crippen MR) is 93.5 cm³/mol. The summed E-state index contributed by atoms with van der Waals surface area (Å²) in [6, 6.07) is 7.79. The van der Waals surface area contributed by atoms with Gasteiger partial charge in [0.1, 0.15) is 0 Å². The Labute approximate surface area is 156 Å². The van der Waals surface area contributed by atoms with Crippen molar-refractivity contribution < 1.29 is 19.2 Å². The van der Waals surface area contributed by atoms with Crippen LogP contribution in [0.2, 0.25) is 15.1 Å². The van der Waals surface area contributed by atoms with Gasteiger partial charge in [0.15, 0.2) is 6.61 Å². The van der Waals surface area contributed by atoms with Crippen LogP contribution in [0.3, 0.4) is 0 Å². The van der Waals surface area contributed by atoms with Crippen molar-refractivity contribution in [1.29, 1.82) is 0 Å². The standard InChI is InChI=1S/C15H9Cl3N2O5/c16-8-1-3-11(17)10(5-8)15(22)25-7-14(21)19-13-4-2-9(20(23)24)6-12(13)18/h1-6H,7H2,(H,19,21). The molecule has 25 heavy (non-hydrogen) atoms. The van der Waals surface area contributed by atoms with E-state index in [1.165, 1.54) is 30.3 Å². The minimum atomic E-state index is -0.822. The fourth-order valence-corrected chi connectivity index (χ4v) is 2.36. The largest absolute Gasteiger partial charge is 0.452 e. The molecule has 0 saturated carbocycles. The molecule has 2 aromatic rings. The lowest BCUT2D eigenvalue weighted by molar-refractivity contribution is -0.384. The number of nitrogens with one attached hydrogen (secondary N) is 1. The van der Waals surface area contributed by atoms with E-state index in [-0.39, 0.29) is 27.0 Å². The second-order valence-corrected chi connectivity index (χ2v) is 5.92. The summed E-state index contributed by atoms with van der Waals surface area (Å²) in [5.41, 5.74) is -0.0468. The maximum absolute atomic E-state index is 11.9. The minimum absolute atomic E-state index is 0.0215. The zero-order valence-corrected chi connectivity index (χ0v) is 14.6. The van der Waals surface area contributed by atoms with Crippen molar-refractivity contribution in [3.8, 4) is 0 Å². The Morgan fingerprint density at radius 3 is 2.44 bits per heavy atom. The highest BCUT2D eigenvalue weighted by Crippen LogP contribution is 2.26. The number of hydrogen-bond acceptors (Lipinski definition) is 5.